The first-order valence-corrected chi connectivity index (χ1v) is 9.59. The van der Waals surface area contributed by atoms with Gasteiger partial charge in [-0.05, 0) is 30.5 Å². The number of nitrogens with zero attached hydrogens (tertiary/aromatic N) is 1. The summed E-state index contributed by atoms with van der Waals surface area (Å²) in [7, 11) is -3.64. The third-order valence-electron chi connectivity index (χ3n) is 3.73. The average Bonchev–Trinajstić information content (AvgIpc) is 2.53. The first kappa shape index (κ1) is 23.1. The number of guanidine groups is 1. The topological polar surface area (TPSA) is 96.6 Å². The Bertz CT molecular complexity index is 599. The van der Waals surface area contributed by atoms with E-state index in [1.807, 2.05) is 6.92 Å². The number of hydrogen-bond acceptors (Lipinski definition) is 3. The number of sulfonamides is 1. The van der Waals surface area contributed by atoms with E-state index in [2.05, 4.69) is 29.5 Å². The number of benzene rings is 1. The van der Waals surface area contributed by atoms with E-state index in [-0.39, 0.29) is 28.9 Å². The highest BCUT2D eigenvalue weighted by molar-refractivity contribution is 14.0. The molecule has 0 atom stereocenters. The second-order valence-corrected chi connectivity index (χ2v) is 7.01. The maximum atomic E-state index is 11.2. The van der Waals surface area contributed by atoms with Gasteiger partial charge in [-0.2, -0.15) is 0 Å². The molecule has 138 valence electrons. The molecule has 0 fully saturated rings. The van der Waals surface area contributed by atoms with Crippen LogP contribution in [0.15, 0.2) is 34.2 Å². The molecule has 0 aliphatic heterocycles. The van der Waals surface area contributed by atoms with E-state index in [1.54, 1.807) is 12.1 Å². The van der Waals surface area contributed by atoms with Crippen molar-refractivity contribution in [2.24, 2.45) is 16.0 Å². The highest BCUT2D eigenvalue weighted by atomic mass is 127. The van der Waals surface area contributed by atoms with Gasteiger partial charge in [0.25, 0.3) is 0 Å². The van der Waals surface area contributed by atoms with Crippen LogP contribution >= 0.6 is 24.0 Å². The molecule has 0 heterocycles. The Morgan fingerprint density at radius 2 is 1.71 bits per heavy atom. The smallest absolute Gasteiger partial charge is 0.238 e. The van der Waals surface area contributed by atoms with Crippen molar-refractivity contribution in [1.82, 2.24) is 10.6 Å². The van der Waals surface area contributed by atoms with Gasteiger partial charge in [0.15, 0.2) is 5.96 Å². The van der Waals surface area contributed by atoms with Crippen molar-refractivity contribution in [2.75, 3.05) is 13.1 Å². The fraction of sp³-hybridized carbons (Fsp3) is 0.562. The van der Waals surface area contributed by atoms with Crippen molar-refractivity contribution in [2.45, 2.75) is 45.1 Å². The number of primary sulfonamides is 1. The Morgan fingerprint density at radius 3 is 2.17 bits per heavy atom. The minimum Gasteiger partial charge on any atom is -0.357 e. The molecular weight excluding hydrogens is 439 g/mol. The zero-order chi connectivity index (χ0) is 17.3. The molecule has 6 nitrogen and oxygen atoms in total. The minimum absolute atomic E-state index is 0. The summed E-state index contributed by atoms with van der Waals surface area (Å²) >= 11 is 0. The van der Waals surface area contributed by atoms with Crippen molar-refractivity contribution in [3.63, 3.8) is 0 Å². The molecule has 0 aliphatic carbocycles. The van der Waals surface area contributed by atoms with Crippen LogP contribution in [0.25, 0.3) is 0 Å². The Balaban J connectivity index is 0.00000529. The van der Waals surface area contributed by atoms with Gasteiger partial charge in [0.2, 0.25) is 10.0 Å². The second-order valence-electron chi connectivity index (χ2n) is 5.45. The van der Waals surface area contributed by atoms with Crippen LogP contribution in [-0.4, -0.2) is 27.5 Å². The van der Waals surface area contributed by atoms with Crippen LogP contribution in [0.2, 0.25) is 0 Å². The molecule has 0 radical (unpaired) electrons. The largest absolute Gasteiger partial charge is 0.357 e. The third kappa shape index (κ3) is 8.29. The molecule has 4 N–H and O–H groups in total. The molecule has 1 rings (SSSR count). The van der Waals surface area contributed by atoms with Crippen LogP contribution in [0, 0.1) is 5.92 Å². The minimum atomic E-state index is -3.64. The van der Waals surface area contributed by atoms with E-state index in [9.17, 15) is 8.42 Å². The van der Waals surface area contributed by atoms with Gasteiger partial charge in [-0.1, -0.05) is 38.8 Å². The average molecular weight is 468 g/mol. The number of nitrogens with one attached hydrogen (secondary N) is 2. The summed E-state index contributed by atoms with van der Waals surface area (Å²) in [5.41, 5.74) is 0.928. The lowest BCUT2D eigenvalue weighted by molar-refractivity contribution is 0.481. The molecule has 0 spiro atoms. The summed E-state index contributed by atoms with van der Waals surface area (Å²) in [6.07, 6.45) is 2.27. The van der Waals surface area contributed by atoms with Crippen molar-refractivity contribution in [1.29, 1.82) is 0 Å². The van der Waals surface area contributed by atoms with Crippen LogP contribution in [0.1, 0.15) is 39.2 Å². The molecule has 0 saturated heterocycles. The number of halogens is 1. The summed E-state index contributed by atoms with van der Waals surface area (Å²) in [6.45, 7) is 8.56. The normalized spacial score (nSPS) is 12.0. The molecule has 8 heteroatoms. The summed E-state index contributed by atoms with van der Waals surface area (Å²) < 4.78 is 22.5. The van der Waals surface area contributed by atoms with Crippen molar-refractivity contribution < 1.29 is 8.42 Å². The van der Waals surface area contributed by atoms with Gasteiger partial charge in [0.1, 0.15) is 0 Å². The fourth-order valence-electron chi connectivity index (χ4n) is 2.11. The van der Waals surface area contributed by atoms with E-state index in [0.717, 1.165) is 37.5 Å². The first-order valence-electron chi connectivity index (χ1n) is 8.04. The highest BCUT2D eigenvalue weighted by Gasteiger charge is 2.07. The molecule has 24 heavy (non-hydrogen) atoms. The molecule has 1 aromatic rings. The van der Waals surface area contributed by atoms with Gasteiger partial charge in [0, 0.05) is 13.1 Å². The number of aliphatic imine (C=N–C) groups is 1. The van der Waals surface area contributed by atoms with Gasteiger partial charge < -0.3 is 10.6 Å². The van der Waals surface area contributed by atoms with Gasteiger partial charge in [-0.15, -0.1) is 24.0 Å². The monoisotopic (exact) mass is 468 g/mol. The zero-order valence-corrected chi connectivity index (χ0v) is 17.7. The predicted molar refractivity (Wildman–Crippen MR) is 110 cm³/mol. The summed E-state index contributed by atoms with van der Waals surface area (Å²) in [4.78, 5) is 4.64. The fourth-order valence-corrected chi connectivity index (χ4v) is 2.63. The highest BCUT2D eigenvalue weighted by Crippen LogP contribution is 2.09. The lowest BCUT2D eigenvalue weighted by atomic mass is 10.0. The number of nitrogens with two attached hydrogens (primary N) is 1. The van der Waals surface area contributed by atoms with Gasteiger partial charge in [-0.3, -0.25) is 0 Å². The van der Waals surface area contributed by atoms with Crippen molar-refractivity contribution >= 4 is 40.0 Å². The van der Waals surface area contributed by atoms with E-state index < -0.39 is 10.0 Å². The summed E-state index contributed by atoms with van der Waals surface area (Å²) in [5.74, 6) is 1.41. The Hall–Kier alpha value is -0.870. The Labute approximate surface area is 162 Å². The molecule has 1 aromatic carbocycles. The van der Waals surface area contributed by atoms with Crippen LogP contribution in [0.4, 0.5) is 0 Å². The standard InChI is InChI=1S/C16H28N4O2S.HI/c1-4-13(5-2)11-19-16(18-6-3)20-12-14-7-9-15(10-8-14)23(17,21)22;/h7-10,13H,4-6,11-12H2,1-3H3,(H2,17,21,22)(H2,18,19,20);1H. The maximum Gasteiger partial charge on any atom is 0.238 e. The Morgan fingerprint density at radius 1 is 1.12 bits per heavy atom. The van der Waals surface area contributed by atoms with Crippen LogP contribution in [0.3, 0.4) is 0 Å². The first-order chi connectivity index (χ1) is 10.9. The van der Waals surface area contributed by atoms with Crippen LogP contribution < -0.4 is 15.8 Å². The predicted octanol–water partition coefficient (Wildman–Crippen LogP) is 2.44. The van der Waals surface area contributed by atoms with Crippen LogP contribution in [0.5, 0.6) is 0 Å². The van der Waals surface area contributed by atoms with E-state index >= 15 is 0 Å². The van der Waals surface area contributed by atoms with Gasteiger partial charge in [0.05, 0.1) is 11.4 Å². The zero-order valence-electron chi connectivity index (χ0n) is 14.6. The van der Waals surface area contributed by atoms with Crippen molar-refractivity contribution in [3.8, 4) is 0 Å². The van der Waals surface area contributed by atoms with E-state index in [1.165, 1.54) is 12.1 Å². The van der Waals surface area contributed by atoms with Gasteiger partial charge >= 0.3 is 0 Å². The maximum absolute atomic E-state index is 11.2. The summed E-state index contributed by atoms with van der Waals surface area (Å²) in [5, 5.41) is 11.7. The molecule has 0 amide bonds. The lowest BCUT2D eigenvalue weighted by Gasteiger charge is -2.16. The number of hydrogen-bond donors (Lipinski definition) is 3. The summed E-state index contributed by atoms with van der Waals surface area (Å²) in [6, 6.07) is 6.47. The lowest BCUT2D eigenvalue weighted by Crippen LogP contribution is -2.39. The second kappa shape index (κ2) is 11.6. The SMILES string of the molecule is CCNC(=NCc1ccc(S(N)(=O)=O)cc1)NCC(CC)CC.I. The molecule has 0 unspecified atom stereocenters. The van der Waals surface area contributed by atoms with E-state index in [4.69, 9.17) is 5.14 Å². The van der Waals surface area contributed by atoms with Gasteiger partial charge in [-0.25, -0.2) is 18.5 Å². The van der Waals surface area contributed by atoms with Crippen molar-refractivity contribution in [3.05, 3.63) is 29.8 Å². The quantitative estimate of drug-likeness (QED) is 0.310. The number of rotatable bonds is 8. The molecule has 0 aromatic heterocycles. The van der Waals surface area contributed by atoms with Crippen LogP contribution in [-0.2, 0) is 16.6 Å². The molecule has 0 aliphatic rings. The Kier molecular flexibility index (Phi) is 11.2. The molecule has 0 bridgehead atoms. The third-order valence-corrected chi connectivity index (χ3v) is 4.66. The molecule has 0 saturated carbocycles. The van der Waals surface area contributed by atoms with E-state index in [0.29, 0.717) is 12.5 Å². The molecular formula is C16H29IN4O2S.